The number of hydrogen-bond donors (Lipinski definition) is 1. The van der Waals surface area contributed by atoms with Gasteiger partial charge in [0.1, 0.15) is 5.75 Å². The Labute approximate surface area is 182 Å². The van der Waals surface area contributed by atoms with Crippen LogP contribution in [0.3, 0.4) is 0 Å². The molecule has 0 aliphatic rings. The van der Waals surface area contributed by atoms with Crippen LogP contribution in [-0.4, -0.2) is 24.3 Å². The Hall–Kier alpha value is -1.36. The third-order valence-corrected chi connectivity index (χ3v) is 5.95. The Morgan fingerprint density at radius 1 is 1.11 bits per heavy atom. The maximum absolute atomic E-state index is 12.2. The minimum Gasteiger partial charge on any atom is -0.481 e. The van der Waals surface area contributed by atoms with Crippen molar-refractivity contribution in [3.8, 4) is 5.75 Å². The van der Waals surface area contributed by atoms with Crippen LogP contribution in [0.15, 0.2) is 42.5 Å². The summed E-state index contributed by atoms with van der Waals surface area (Å²) in [5.41, 5.74) is 2.25. The number of benzene rings is 2. The number of carbonyl (C=O) groups excluding carboxylic acids is 1. The molecule has 1 unspecified atom stereocenters. The normalized spacial score (nSPS) is 12.5. The standard InChI is InChI=1S/C22H27Cl2NO2S/c1-15(27-17-10-8-16(9-11-17)22(2,3)4)21(26)25-12-13-28-14-18-19(23)6-5-7-20(18)24/h5-11,15H,12-14H2,1-4H3,(H,25,26). The monoisotopic (exact) mass is 439 g/mol. The van der Waals surface area contributed by atoms with Gasteiger partial charge in [0, 0.05) is 28.1 Å². The van der Waals surface area contributed by atoms with E-state index in [1.54, 1.807) is 18.7 Å². The maximum atomic E-state index is 12.2. The topological polar surface area (TPSA) is 38.3 Å². The zero-order valence-corrected chi connectivity index (χ0v) is 19.0. The van der Waals surface area contributed by atoms with Crippen LogP contribution in [0.1, 0.15) is 38.8 Å². The van der Waals surface area contributed by atoms with E-state index in [-0.39, 0.29) is 11.3 Å². The summed E-state index contributed by atoms with van der Waals surface area (Å²) >= 11 is 14.0. The first-order valence-electron chi connectivity index (χ1n) is 9.24. The molecule has 2 rings (SSSR count). The summed E-state index contributed by atoms with van der Waals surface area (Å²) in [6.07, 6.45) is -0.552. The van der Waals surface area contributed by atoms with Crippen LogP contribution in [0.4, 0.5) is 0 Å². The predicted molar refractivity (Wildman–Crippen MR) is 121 cm³/mol. The molecule has 0 heterocycles. The highest BCUT2D eigenvalue weighted by atomic mass is 35.5. The highest BCUT2D eigenvalue weighted by Gasteiger charge is 2.16. The third-order valence-electron chi connectivity index (χ3n) is 4.26. The first-order chi connectivity index (χ1) is 13.2. The van der Waals surface area contributed by atoms with Crippen molar-refractivity contribution in [1.29, 1.82) is 0 Å². The second-order valence-electron chi connectivity index (χ2n) is 7.58. The Balaban J connectivity index is 1.72. The molecule has 0 spiro atoms. The summed E-state index contributed by atoms with van der Waals surface area (Å²) < 4.78 is 5.75. The van der Waals surface area contributed by atoms with Gasteiger partial charge in [0.15, 0.2) is 6.10 Å². The number of thioether (sulfide) groups is 1. The Kier molecular flexibility index (Phi) is 8.54. The van der Waals surface area contributed by atoms with Crippen molar-refractivity contribution in [3.05, 3.63) is 63.6 Å². The predicted octanol–water partition coefficient (Wildman–Crippen LogP) is 6.11. The van der Waals surface area contributed by atoms with Gasteiger partial charge in [-0.15, -0.1) is 0 Å². The fraction of sp³-hybridized carbons (Fsp3) is 0.409. The average molecular weight is 440 g/mol. The molecular weight excluding hydrogens is 413 g/mol. The minimum atomic E-state index is -0.552. The van der Waals surface area contributed by atoms with Crippen LogP contribution in [-0.2, 0) is 16.0 Å². The van der Waals surface area contributed by atoms with Crippen LogP contribution in [0.5, 0.6) is 5.75 Å². The molecule has 0 bridgehead atoms. The molecule has 3 nitrogen and oxygen atoms in total. The lowest BCUT2D eigenvalue weighted by Gasteiger charge is -2.20. The molecule has 0 aliphatic heterocycles. The summed E-state index contributed by atoms with van der Waals surface area (Å²) in [7, 11) is 0. The van der Waals surface area contributed by atoms with E-state index in [9.17, 15) is 4.79 Å². The first-order valence-corrected chi connectivity index (χ1v) is 11.1. The molecule has 0 radical (unpaired) electrons. The number of halogens is 2. The molecule has 0 saturated heterocycles. The van der Waals surface area contributed by atoms with Gasteiger partial charge in [-0.1, -0.05) is 62.2 Å². The second kappa shape index (κ2) is 10.4. The summed E-state index contributed by atoms with van der Waals surface area (Å²) in [6.45, 7) is 8.80. The first kappa shape index (κ1) is 22.9. The van der Waals surface area contributed by atoms with Crippen molar-refractivity contribution in [2.24, 2.45) is 0 Å². The van der Waals surface area contributed by atoms with Crippen LogP contribution >= 0.6 is 35.0 Å². The number of hydrogen-bond acceptors (Lipinski definition) is 3. The lowest BCUT2D eigenvalue weighted by atomic mass is 9.87. The van der Waals surface area contributed by atoms with E-state index in [4.69, 9.17) is 27.9 Å². The van der Waals surface area contributed by atoms with E-state index in [0.29, 0.717) is 28.1 Å². The van der Waals surface area contributed by atoms with Crippen LogP contribution in [0.2, 0.25) is 10.0 Å². The van der Waals surface area contributed by atoms with Crippen molar-refractivity contribution < 1.29 is 9.53 Å². The molecule has 1 amide bonds. The Morgan fingerprint density at radius 3 is 2.29 bits per heavy atom. The molecule has 28 heavy (non-hydrogen) atoms. The SMILES string of the molecule is CC(Oc1ccc(C(C)(C)C)cc1)C(=O)NCCSCc1c(Cl)cccc1Cl. The third kappa shape index (κ3) is 6.91. The van der Waals surface area contributed by atoms with Gasteiger partial charge >= 0.3 is 0 Å². The van der Waals surface area contributed by atoms with E-state index in [0.717, 1.165) is 11.3 Å². The van der Waals surface area contributed by atoms with Gasteiger partial charge in [0.25, 0.3) is 5.91 Å². The highest BCUT2D eigenvalue weighted by molar-refractivity contribution is 7.98. The van der Waals surface area contributed by atoms with E-state index < -0.39 is 6.10 Å². The van der Waals surface area contributed by atoms with Gasteiger partial charge in [-0.2, -0.15) is 11.8 Å². The zero-order valence-electron chi connectivity index (χ0n) is 16.7. The number of nitrogens with one attached hydrogen (secondary N) is 1. The lowest BCUT2D eigenvalue weighted by molar-refractivity contribution is -0.127. The van der Waals surface area contributed by atoms with Crippen molar-refractivity contribution in [1.82, 2.24) is 5.32 Å². The van der Waals surface area contributed by atoms with Gasteiger partial charge < -0.3 is 10.1 Å². The number of amides is 1. The quantitative estimate of drug-likeness (QED) is 0.504. The Bertz CT molecular complexity index is 768. The van der Waals surface area contributed by atoms with E-state index in [1.165, 1.54) is 5.56 Å². The highest BCUT2D eigenvalue weighted by Crippen LogP contribution is 2.28. The number of rotatable bonds is 8. The van der Waals surface area contributed by atoms with Gasteiger partial charge in [0.2, 0.25) is 0 Å². The average Bonchev–Trinajstić information content (AvgIpc) is 2.63. The van der Waals surface area contributed by atoms with Crippen molar-refractivity contribution in [3.63, 3.8) is 0 Å². The molecule has 1 atom stereocenters. The van der Waals surface area contributed by atoms with Gasteiger partial charge in [0.05, 0.1) is 0 Å². The molecule has 0 aliphatic carbocycles. The second-order valence-corrected chi connectivity index (χ2v) is 9.50. The van der Waals surface area contributed by atoms with Gasteiger partial charge in [-0.05, 0) is 47.7 Å². The summed E-state index contributed by atoms with van der Waals surface area (Å²) in [5.74, 6) is 2.04. The van der Waals surface area contributed by atoms with Gasteiger partial charge in [-0.25, -0.2) is 0 Å². The largest absolute Gasteiger partial charge is 0.481 e. The fourth-order valence-electron chi connectivity index (χ4n) is 2.53. The fourth-order valence-corrected chi connectivity index (χ4v) is 4.12. The van der Waals surface area contributed by atoms with E-state index >= 15 is 0 Å². The minimum absolute atomic E-state index is 0.0907. The molecule has 0 aromatic heterocycles. The molecule has 2 aromatic rings. The lowest BCUT2D eigenvalue weighted by Crippen LogP contribution is -2.37. The van der Waals surface area contributed by atoms with Crippen molar-refractivity contribution in [2.45, 2.75) is 45.0 Å². The summed E-state index contributed by atoms with van der Waals surface area (Å²) in [6, 6.07) is 13.4. The van der Waals surface area contributed by atoms with Gasteiger partial charge in [-0.3, -0.25) is 4.79 Å². The molecule has 1 N–H and O–H groups in total. The van der Waals surface area contributed by atoms with Crippen molar-refractivity contribution >= 4 is 40.9 Å². The maximum Gasteiger partial charge on any atom is 0.260 e. The van der Waals surface area contributed by atoms with Crippen LogP contribution in [0.25, 0.3) is 0 Å². The molecule has 0 saturated carbocycles. The number of ether oxygens (including phenoxy) is 1. The van der Waals surface area contributed by atoms with E-state index in [2.05, 4.69) is 26.1 Å². The van der Waals surface area contributed by atoms with Crippen molar-refractivity contribution in [2.75, 3.05) is 12.3 Å². The summed E-state index contributed by atoms with van der Waals surface area (Å²) in [5, 5.41) is 4.24. The number of carbonyl (C=O) groups is 1. The molecule has 0 fully saturated rings. The zero-order chi connectivity index (χ0) is 20.7. The van der Waals surface area contributed by atoms with Crippen LogP contribution < -0.4 is 10.1 Å². The van der Waals surface area contributed by atoms with Crippen LogP contribution in [0, 0.1) is 0 Å². The molecular formula is C22H27Cl2NO2S. The van der Waals surface area contributed by atoms with E-state index in [1.807, 2.05) is 42.5 Å². The Morgan fingerprint density at radius 2 is 1.71 bits per heavy atom. The molecule has 6 heteroatoms. The smallest absolute Gasteiger partial charge is 0.260 e. The summed E-state index contributed by atoms with van der Waals surface area (Å²) in [4.78, 5) is 12.2. The molecule has 2 aromatic carbocycles. The molecule has 152 valence electrons.